The van der Waals surface area contributed by atoms with Crippen LogP contribution in [0, 0.1) is 11.3 Å². The molecule has 0 amide bonds. The van der Waals surface area contributed by atoms with E-state index in [9.17, 15) is 19.8 Å². The monoisotopic (exact) mass is 334 g/mol. The van der Waals surface area contributed by atoms with E-state index in [2.05, 4.69) is 0 Å². The number of carboxylic acid groups (broad SMARTS) is 2. The first-order chi connectivity index (χ1) is 12.0. The van der Waals surface area contributed by atoms with Crippen molar-refractivity contribution in [1.29, 1.82) is 0 Å². The molecular weight excluding hydrogens is 316 g/mol. The number of hydrogen-bond donors (Lipinski definition) is 0. The maximum absolute atomic E-state index is 12.1. The molecule has 25 heavy (non-hydrogen) atoms. The summed E-state index contributed by atoms with van der Waals surface area (Å²) in [4.78, 5) is 24.1. The van der Waals surface area contributed by atoms with Gasteiger partial charge >= 0.3 is 0 Å². The standard InChI is InChI=1S/C21H20O4/c1-21(20(24)25)17(15-10-6-3-7-11-15)13-12-16(18(21)19(22)23)14-8-4-2-5-9-14/h2-13,16-18H,1H3,(H,22,23)(H,24,25)/p-2/t16-,17+,18-,21+/m1/s1. The second-order valence-corrected chi connectivity index (χ2v) is 6.58. The molecule has 0 fully saturated rings. The van der Waals surface area contributed by atoms with Crippen LogP contribution in [0.15, 0.2) is 72.8 Å². The van der Waals surface area contributed by atoms with Crippen LogP contribution in [0.4, 0.5) is 0 Å². The van der Waals surface area contributed by atoms with E-state index in [1.807, 2.05) is 12.1 Å². The fourth-order valence-corrected chi connectivity index (χ4v) is 3.85. The van der Waals surface area contributed by atoms with Gasteiger partial charge in [-0.05, 0) is 11.1 Å². The molecule has 1 aliphatic carbocycles. The lowest BCUT2D eigenvalue weighted by atomic mass is 9.57. The van der Waals surface area contributed by atoms with Crippen LogP contribution in [0.1, 0.15) is 29.9 Å². The van der Waals surface area contributed by atoms with Crippen LogP contribution in [-0.2, 0) is 9.59 Å². The van der Waals surface area contributed by atoms with Crippen LogP contribution in [0.2, 0.25) is 0 Å². The fourth-order valence-electron chi connectivity index (χ4n) is 3.85. The first-order valence-electron chi connectivity index (χ1n) is 8.16. The summed E-state index contributed by atoms with van der Waals surface area (Å²) in [5.74, 6) is -5.21. The van der Waals surface area contributed by atoms with Crippen molar-refractivity contribution in [2.45, 2.75) is 18.8 Å². The molecule has 128 valence electrons. The summed E-state index contributed by atoms with van der Waals surface area (Å²) in [5.41, 5.74) is -0.148. The first-order valence-corrected chi connectivity index (χ1v) is 8.16. The Morgan fingerprint density at radius 2 is 1.36 bits per heavy atom. The molecular formula is C21H18O4-2. The second kappa shape index (κ2) is 6.55. The van der Waals surface area contributed by atoms with Gasteiger partial charge in [-0.2, -0.15) is 0 Å². The van der Waals surface area contributed by atoms with Crippen molar-refractivity contribution < 1.29 is 19.8 Å². The minimum atomic E-state index is -1.63. The predicted molar refractivity (Wildman–Crippen MR) is 89.1 cm³/mol. The van der Waals surface area contributed by atoms with Crippen molar-refractivity contribution in [3.63, 3.8) is 0 Å². The van der Waals surface area contributed by atoms with E-state index in [1.165, 1.54) is 6.92 Å². The Labute approximate surface area is 146 Å². The largest absolute Gasteiger partial charge is 0.550 e. The summed E-state index contributed by atoms with van der Waals surface area (Å²) in [5, 5.41) is 24.1. The van der Waals surface area contributed by atoms with Crippen molar-refractivity contribution in [3.8, 4) is 0 Å². The van der Waals surface area contributed by atoms with E-state index < -0.39 is 35.1 Å². The van der Waals surface area contributed by atoms with Gasteiger partial charge in [0.1, 0.15) is 0 Å². The van der Waals surface area contributed by atoms with Crippen molar-refractivity contribution >= 4 is 11.9 Å². The minimum absolute atomic E-state index is 0.589. The first kappa shape index (κ1) is 17.0. The number of benzene rings is 2. The number of carbonyl (C=O) groups is 2. The number of hydrogen-bond acceptors (Lipinski definition) is 4. The molecule has 0 saturated carbocycles. The maximum Gasteiger partial charge on any atom is 0.0489 e. The molecule has 3 rings (SSSR count). The molecule has 0 saturated heterocycles. The van der Waals surface area contributed by atoms with Gasteiger partial charge in [-0.1, -0.05) is 79.7 Å². The van der Waals surface area contributed by atoms with E-state index in [0.29, 0.717) is 0 Å². The van der Waals surface area contributed by atoms with Crippen molar-refractivity contribution in [2.75, 3.05) is 0 Å². The molecule has 0 heterocycles. The lowest BCUT2D eigenvalue weighted by Gasteiger charge is -2.49. The molecule has 0 N–H and O–H groups in total. The summed E-state index contributed by atoms with van der Waals surface area (Å²) in [6, 6.07) is 18.0. The summed E-state index contributed by atoms with van der Waals surface area (Å²) < 4.78 is 0. The normalized spacial score (nSPS) is 28.4. The van der Waals surface area contributed by atoms with Gasteiger partial charge in [-0.15, -0.1) is 0 Å². The number of carbonyl (C=O) groups excluding carboxylic acids is 2. The molecule has 2 aromatic carbocycles. The van der Waals surface area contributed by atoms with Gasteiger partial charge in [0.05, 0.1) is 0 Å². The highest BCUT2D eigenvalue weighted by Crippen LogP contribution is 2.52. The van der Waals surface area contributed by atoms with Gasteiger partial charge in [0.25, 0.3) is 0 Å². The average Bonchev–Trinajstić information content (AvgIpc) is 2.62. The third kappa shape index (κ3) is 2.84. The van der Waals surface area contributed by atoms with Gasteiger partial charge in [-0.25, -0.2) is 0 Å². The molecule has 0 radical (unpaired) electrons. The zero-order valence-electron chi connectivity index (χ0n) is 13.8. The Hall–Kier alpha value is -2.88. The topological polar surface area (TPSA) is 80.3 Å². The summed E-state index contributed by atoms with van der Waals surface area (Å²) in [6.07, 6.45) is 3.56. The van der Waals surface area contributed by atoms with Gasteiger partial charge in [0, 0.05) is 35.1 Å². The fraction of sp³-hybridized carbons (Fsp3) is 0.238. The Morgan fingerprint density at radius 3 is 1.84 bits per heavy atom. The lowest BCUT2D eigenvalue weighted by molar-refractivity contribution is -0.336. The third-order valence-corrected chi connectivity index (χ3v) is 5.20. The van der Waals surface area contributed by atoms with Crippen LogP contribution in [0.5, 0.6) is 0 Å². The Balaban J connectivity index is 2.18. The SMILES string of the molecule is C[C@]1(C(=O)[O-])[C@H](c2ccccc2)C=C[C@H](c2ccccc2)[C@@H]1C(=O)[O-]. The smallest absolute Gasteiger partial charge is 0.0489 e. The van der Waals surface area contributed by atoms with E-state index >= 15 is 0 Å². The second-order valence-electron chi connectivity index (χ2n) is 6.58. The van der Waals surface area contributed by atoms with Gasteiger partial charge in [-0.3, -0.25) is 0 Å². The number of rotatable bonds is 4. The van der Waals surface area contributed by atoms with Crippen LogP contribution >= 0.6 is 0 Å². The molecule has 4 atom stereocenters. The highest BCUT2D eigenvalue weighted by atomic mass is 16.4. The van der Waals surface area contributed by atoms with Crippen LogP contribution in [-0.4, -0.2) is 11.9 Å². The van der Waals surface area contributed by atoms with E-state index in [0.717, 1.165) is 11.1 Å². The highest BCUT2D eigenvalue weighted by Gasteiger charge is 2.48. The lowest BCUT2D eigenvalue weighted by Crippen LogP contribution is -2.56. The highest BCUT2D eigenvalue weighted by molar-refractivity contribution is 5.84. The molecule has 4 nitrogen and oxygen atoms in total. The van der Waals surface area contributed by atoms with Crippen LogP contribution in [0.3, 0.4) is 0 Å². The summed E-state index contributed by atoms with van der Waals surface area (Å²) in [6.45, 7) is 1.44. The zero-order valence-corrected chi connectivity index (χ0v) is 13.8. The summed E-state index contributed by atoms with van der Waals surface area (Å²) >= 11 is 0. The van der Waals surface area contributed by atoms with E-state index in [1.54, 1.807) is 60.7 Å². The van der Waals surface area contributed by atoms with Gasteiger partial charge in [0.15, 0.2) is 0 Å². The molecule has 0 unspecified atom stereocenters. The molecule has 0 aliphatic heterocycles. The molecule has 2 aromatic rings. The van der Waals surface area contributed by atoms with E-state index in [4.69, 9.17) is 0 Å². The van der Waals surface area contributed by atoms with Crippen LogP contribution < -0.4 is 10.2 Å². The van der Waals surface area contributed by atoms with Gasteiger partial charge in [0.2, 0.25) is 0 Å². The van der Waals surface area contributed by atoms with Gasteiger partial charge < -0.3 is 19.8 Å². The minimum Gasteiger partial charge on any atom is -0.550 e. The van der Waals surface area contributed by atoms with Crippen LogP contribution in [0.25, 0.3) is 0 Å². The third-order valence-electron chi connectivity index (χ3n) is 5.20. The molecule has 0 bridgehead atoms. The molecule has 4 heteroatoms. The zero-order chi connectivity index (χ0) is 18.0. The molecule has 1 aliphatic rings. The molecule has 0 spiro atoms. The summed E-state index contributed by atoms with van der Waals surface area (Å²) in [7, 11) is 0. The van der Waals surface area contributed by atoms with E-state index in [-0.39, 0.29) is 0 Å². The Bertz CT molecular complexity index is 797. The average molecular weight is 334 g/mol. The maximum atomic E-state index is 12.1. The number of aliphatic carboxylic acids is 2. The molecule has 0 aromatic heterocycles. The predicted octanol–water partition coefficient (Wildman–Crippen LogP) is 1.25. The number of allylic oxidation sites excluding steroid dienone is 2. The Morgan fingerprint density at radius 1 is 0.840 bits per heavy atom. The van der Waals surface area contributed by atoms with Crippen molar-refractivity contribution in [3.05, 3.63) is 83.9 Å². The number of carboxylic acids is 2. The quantitative estimate of drug-likeness (QED) is 0.788. The Kier molecular flexibility index (Phi) is 4.45. The van der Waals surface area contributed by atoms with Crippen molar-refractivity contribution in [2.24, 2.45) is 11.3 Å². The van der Waals surface area contributed by atoms with Crippen molar-refractivity contribution in [1.82, 2.24) is 0 Å².